The van der Waals surface area contributed by atoms with E-state index in [1.807, 2.05) is 13.8 Å². The van der Waals surface area contributed by atoms with Crippen LogP contribution in [-0.4, -0.2) is 36.6 Å². The molecular formula is C15H28N2O3. The fraction of sp³-hybridized carbons (Fsp3) is 0.867. The molecule has 0 aromatic rings. The summed E-state index contributed by atoms with van der Waals surface area (Å²) in [6.45, 7) is 6.33. The second-order valence-corrected chi connectivity index (χ2v) is 6.20. The molecule has 1 fully saturated rings. The molecule has 1 unspecified atom stereocenters. The van der Waals surface area contributed by atoms with Crippen molar-refractivity contribution in [1.29, 1.82) is 0 Å². The van der Waals surface area contributed by atoms with Gasteiger partial charge in [-0.1, -0.05) is 13.8 Å². The lowest BCUT2D eigenvalue weighted by molar-refractivity contribution is -0.142. The Hall–Kier alpha value is -1.10. The van der Waals surface area contributed by atoms with Gasteiger partial charge in [0.15, 0.2) is 0 Å². The molecule has 0 aliphatic carbocycles. The first-order chi connectivity index (χ1) is 9.49. The van der Waals surface area contributed by atoms with Gasteiger partial charge in [0.2, 0.25) is 5.91 Å². The second-order valence-electron chi connectivity index (χ2n) is 6.20. The molecule has 5 nitrogen and oxygen atoms in total. The molecule has 1 aliphatic rings. The summed E-state index contributed by atoms with van der Waals surface area (Å²) in [6, 6.07) is 0. The van der Waals surface area contributed by atoms with Gasteiger partial charge in [-0.05, 0) is 50.6 Å². The Labute approximate surface area is 121 Å². The molecule has 1 aliphatic heterocycles. The first-order valence-electron chi connectivity index (χ1n) is 7.69. The van der Waals surface area contributed by atoms with E-state index < -0.39 is 11.9 Å². The van der Waals surface area contributed by atoms with Gasteiger partial charge in [-0.15, -0.1) is 0 Å². The number of hydrogen-bond acceptors (Lipinski definition) is 3. The summed E-state index contributed by atoms with van der Waals surface area (Å²) in [4.78, 5) is 22.9. The Morgan fingerprint density at radius 1 is 1.30 bits per heavy atom. The van der Waals surface area contributed by atoms with Gasteiger partial charge >= 0.3 is 5.97 Å². The Balaban J connectivity index is 2.21. The molecule has 0 radical (unpaired) electrons. The normalized spacial score (nSPS) is 17.9. The Kier molecular flexibility index (Phi) is 7.59. The predicted octanol–water partition coefficient (Wildman–Crippen LogP) is 1.63. The van der Waals surface area contributed by atoms with Crippen LogP contribution in [0.2, 0.25) is 0 Å². The molecule has 1 atom stereocenters. The molecule has 0 aromatic heterocycles. The number of nitrogens with one attached hydrogen (secondary N) is 2. The molecule has 1 amide bonds. The smallest absolute Gasteiger partial charge is 0.308 e. The minimum Gasteiger partial charge on any atom is -0.481 e. The maximum absolute atomic E-state index is 11.8. The van der Waals surface area contributed by atoms with E-state index in [1.165, 1.54) is 0 Å². The number of hydrogen-bond donors (Lipinski definition) is 3. The second kappa shape index (κ2) is 8.95. The first kappa shape index (κ1) is 17.0. The van der Waals surface area contributed by atoms with Crippen LogP contribution in [-0.2, 0) is 9.59 Å². The van der Waals surface area contributed by atoms with Crippen LogP contribution >= 0.6 is 0 Å². The summed E-state index contributed by atoms with van der Waals surface area (Å²) in [5, 5.41) is 15.2. The van der Waals surface area contributed by atoms with Gasteiger partial charge in [0.1, 0.15) is 0 Å². The molecule has 0 spiro atoms. The average Bonchev–Trinajstić information content (AvgIpc) is 2.41. The molecule has 20 heavy (non-hydrogen) atoms. The number of piperidine rings is 1. The molecule has 5 heteroatoms. The zero-order valence-electron chi connectivity index (χ0n) is 12.7. The van der Waals surface area contributed by atoms with Gasteiger partial charge in [0.05, 0.1) is 5.92 Å². The molecule has 0 bridgehead atoms. The van der Waals surface area contributed by atoms with Crippen LogP contribution in [0.4, 0.5) is 0 Å². The van der Waals surface area contributed by atoms with Gasteiger partial charge in [-0.25, -0.2) is 0 Å². The summed E-state index contributed by atoms with van der Waals surface area (Å²) >= 11 is 0. The van der Waals surface area contributed by atoms with Gasteiger partial charge in [0.25, 0.3) is 0 Å². The fourth-order valence-electron chi connectivity index (χ4n) is 2.67. The summed E-state index contributed by atoms with van der Waals surface area (Å²) < 4.78 is 0. The van der Waals surface area contributed by atoms with Crippen molar-refractivity contribution < 1.29 is 14.7 Å². The number of carboxylic acids is 1. The highest BCUT2D eigenvalue weighted by molar-refractivity contribution is 5.77. The average molecular weight is 284 g/mol. The molecule has 116 valence electrons. The zero-order chi connectivity index (χ0) is 15.0. The van der Waals surface area contributed by atoms with E-state index in [2.05, 4.69) is 10.6 Å². The van der Waals surface area contributed by atoms with Crippen molar-refractivity contribution >= 4 is 11.9 Å². The Bertz CT molecular complexity index is 312. The highest BCUT2D eigenvalue weighted by Crippen LogP contribution is 2.17. The summed E-state index contributed by atoms with van der Waals surface area (Å²) in [7, 11) is 0. The molecule has 3 N–H and O–H groups in total. The molecular weight excluding hydrogens is 256 g/mol. The van der Waals surface area contributed by atoms with Crippen molar-refractivity contribution in [3.8, 4) is 0 Å². The van der Waals surface area contributed by atoms with Crippen molar-refractivity contribution in [1.82, 2.24) is 10.6 Å². The lowest BCUT2D eigenvalue weighted by atomic mass is 9.93. The van der Waals surface area contributed by atoms with E-state index in [0.717, 1.165) is 32.4 Å². The van der Waals surface area contributed by atoms with Crippen molar-refractivity contribution in [2.75, 3.05) is 19.6 Å². The topological polar surface area (TPSA) is 78.4 Å². The van der Waals surface area contributed by atoms with Crippen molar-refractivity contribution in [3.63, 3.8) is 0 Å². The Morgan fingerprint density at radius 3 is 2.50 bits per heavy atom. The van der Waals surface area contributed by atoms with Crippen molar-refractivity contribution in [2.24, 2.45) is 17.8 Å². The summed E-state index contributed by atoms with van der Waals surface area (Å²) in [5.74, 6) is -0.357. The van der Waals surface area contributed by atoms with Crippen LogP contribution in [0.1, 0.15) is 46.0 Å². The third-order valence-electron chi connectivity index (χ3n) is 3.89. The zero-order valence-corrected chi connectivity index (χ0v) is 12.7. The van der Waals surface area contributed by atoms with Crippen molar-refractivity contribution in [3.05, 3.63) is 0 Å². The van der Waals surface area contributed by atoms with Crippen LogP contribution in [0.5, 0.6) is 0 Å². The number of carbonyl (C=O) groups is 2. The van der Waals surface area contributed by atoms with Crippen LogP contribution in [0.3, 0.4) is 0 Å². The highest BCUT2D eigenvalue weighted by Gasteiger charge is 2.20. The first-order valence-corrected chi connectivity index (χ1v) is 7.69. The summed E-state index contributed by atoms with van der Waals surface area (Å²) in [6.07, 6.45) is 4.30. The number of carboxylic acid groups (broad SMARTS) is 1. The SMILES string of the molecule is CC(C)CC(CNC(=O)CCC1CCNCC1)C(=O)O. The van der Waals surface area contributed by atoms with Gasteiger partial charge in [0, 0.05) is 13.0 Å². The highest BCUT2D eigenvalue weighted by atomic mass is 16.4. The molecule has 1 saturated heterocycles. The van der Waals surface area contributed by atoms with Crippen LogP contribution in [0, 0.1) is 17.8 Å². The molecule has 1 heterocycles. The third kappa shape index (κ3) is 6.89. The fourth-order valence-corrected chi connectivity index (χ4v) is 2.67. The minimum atomic E-state index is -0.822. The number of carbonyl (C=O) groups excluding carboxylic acids is 1. The summed E-state index contributed by atoms with van der Waals surface area (Å²) in [5.41, 5.74) is 0. The van der Waals surface area contributed by atoms with E-state index >= 15 is 0 Å². The van der Waals surface area contributed by atoms with E-state index in [4.69, 9.17) is 5.11 Å². The van der Waals surface area contributed by atoms with Gasteiger partial charge < -0.3 is 15.7 Å². The Morgan fingerprint density at radius 2 is 1.95 bits per heavy atom. The number of amides is 1. The van der Waals surface area contributed by atoms with Crippen LogP contribution in [0.15, 0.2) is 0 Å². The predicted molar refractivity (Wildman–Crippen MR) is 78.4 cm³/mol. The van der Waals surface area contributed by atoms with E-state index in [0.29, 0.717) is 24.7 Å². The number of rotatable bonds is 8. The maximum atomic E-state index is 11.8. The van der Waals surface area contributed by atoms with E-state index in [-0.39, 0.29) is 12.5 Å². The van der Waals surface area contributed by atoms with Gasteiger partial charge in [-0.2, -0.15) is 0 Å². The quantitative estimate of drug-likeness (QED) is 0.633. The largest absolute Gasteiger partial charge is 0.481 e. The lowest BCUT2D eigenvalue weighted by Gasteiger charge is -2.22. The van der Waals surface area contributed by atoms with Gasteiger partial charge in [-0.3, -0.25) is 9.59 Å². The molecule has 0 aromatic carbocycles. The molecule has 1 rings (SSSR count). The van der Waals surface area contributed by atoms with Crippen LogP contribution < -0.4 is 10.6 Å². The lowest BCUT2D eigenvalue weighted by Crippen LogP contribution is -2.34. The van der Waals surface area contributed by atoms with Crippen LogP contribution in [0.25, 0.3) is 0 Å². The maximum Gasteiger partial charge on any atom is 0.308 e. The minimum absolute atomic E-state index is 0.0152. The number of aliphatic carboxylic acids is 1. The monoisotopic (exact) mass is 284 g/mol. The van der Waals surface area contributed by atoms with E-state index in [9.17, 15) is 9.59 Å². The van der Waals surface area contributed by atoms with Crippen molar-refractivity contribution in [2.45, 2.75) is 46.0 Å². The standard InChI is InChI=1S/C15H28N2O3/c1-11(2)9-13(15(19)20)10-17-14(18)4-3-12-5-7-16-8-6-12/h11-13,16H,3-10H2,1-2H3,(H,17,18)(H,19,20). The third-order valence-corrected chi connectivity index (χ3v) is 3.89. The van der Waals surface area contributed by atoms with E-state index in [1.54, 1.807) is 0 Å². The molecule has 0 saturated carbocycles.